The van der Waals surface area contributed by atoms with Gasteiger partial charge in [0.1, 0.15) is 5.75 Å². The number of rotatable bonds is 9. The molecule has 0 atom stereocenters. The Kier molecular flexibility index (Phi) is 6.42. The van der Waals surface area contributed by atoms with Crippen molar-refractivity contribution >= 4 is 5.91 Å². The SMILES string of the molecule is O=C(NCc1cccc(OC(F)(F)F)c1)c1cn(CCCCn2ccnn2)nn1. The Labute approximate surface area is 163 Å². The van der Waals surface area contributed by atoms with Gasteiger partial charge in [-0.05, 0) is 30.5 Å². The maximum atomic E-state index is 12.3. The highest BCUT2D eigenvalue weighted by atomic mass is 19.4. The highest BCUT2D eigenvalue weighted by Crippen LogP contribution is 2.23. The van der Waals surface area contributed by atoms with Gasteiger partial charge in [0.15, 0.2) is 5.69 Å². The number of hydrogen-bond acceptors (Lipinski definition) is 6. The van der Waals surface area contributed by atoms with Crippen molar-refractivity contribution in [2.75, 3.05) is 0 Å². The molecule has 0 unspecified atom stereocenters. The summed E-state index contributed by atoms with van der Waals surface area (Å²) in [6.07, 6.45) is 1.83. The van der Waals surface area contributed by atoms with Crippen LogP contribution < -0.4 is 10.1 Å². The van der Waals surface area contributed by atoms with Gasteiger partial charge in [0.25, 0.3) is 5.91 Å². The molecular formula is C17H18F3N7O2. The molecule has 0 saturated carbocycles. The smallest absolute Gasteiger partial charge is 0.406 e. The second kappa shape index (κ2) is 9.17. The molecule has 1 aromatic carbocycles. The number of carbonyl (C=O) groups is 1. The lowest BCUT2D eigenvalue weighted by atomic mass is 10.2. The minimum absolute atomic E-state index is 0.0264. The number of unbranched alkanes of at least 4 members (excludes halogenated alkanes) is 1. The van der Waals surface area contributed by atoms with Gasteiger partial charge >= 0.3 is 6.36 Å². The average Bonchev–Trinajstić information content (AvgIpc) is 3.34. The topological polar surface area (TPSA) is 99.8 Å². The molecule has 9 nitrogen and oxygen atoms in total. The highest BCUT2D eigenvalue weighted by molar-refractivity contribution is 5.91. The molecule has 1 amide bonds. The van der Waals surface area contributed by atoms with Crippen LogP contribution in [0.1, 0.15) is 28.9 Å². The van der Waals surface area contributed by atoms with Crippen LogP contribution in [0, 0.1) is 0 Å². The van der Waals surface area contributed by atoms with Crippen molar-refractivity contribution in [3.05, 3.63) is 54.1 Å². The molecule has 0 aliphatic rings. The lowest BCUT2D eigenvalue weighted by Gasteiger charge is -2.10. The number of hydrogen-bond donors (Lipinski definition) is 1. The van der Waals surface area contributed by atoms with Crippen LogP contribution >= 0.6 is 0 Å². The maximum Gasteiger partial charge on any atom is 0.573 e. The molecule has 3 aromatic rings. The summed E-state index contributed by atoms with van der Waals surface area (Å²) in [6, 6.07) is 5.39. The number of benzene rings is 1. The predicted octanol–water partition coefficient (Wildman–Crippen LogP) is 2.18. The zero-order valence-corrected chi connectivity index (χ0v) is 15.2. The van der Waals surface area contributed by atoms with Crippen LogP contribution in [-0.4, -0.2) is 42.3 Å². The standard InChI is InChI=1S/C17H18F3N7O2/c18-17(19,20)29-14-5-3-4-13(10-14)11-21-16(28)15-12-27(25-23-15)8-2-1-7-26-9-6-22-24-26/h3-6,9-10,12H,1-2,7-8,11H2,(H,21,28). The van der Waals surface area contributed by atoms with E-state index in [4.69, 9.17) is 0 Å². The van der Waals surface area contributed by atoms with Crippen molar-refractivity contribution in [3.63, 3.8) is 0 Å². The number of ether oxygens (including phenoxy) is 1. The molecule has 3 rings (SSSR count). The van der Waals surface area contributed by atoms with Gasteiger partial charge in [0.05, 0.1) is 12.4 Å². The van der Waals surface area contributed by atoms with Crippen LogP contribution in [0.5, 0.6) is 5.75 Å². The number of aromatic nitrogens is 6. The van der Waals surface area contributed by atoms with Gasteiger partial charge in [-0.3, -0.25) is 14.2 Å². The van der Waals surface area contributed by atoms with E-state index in [0.717, 1.165) is 19.4 Å². The minimum atomic E-state index is -4.77. The van der Waals surface area contributed by atoms with Crippen LogP contribution in [0.25, 0.3) is 0 Å². The van der Waals surface area contributed by atoms with Gasteiger partial charge < -0.3 is 10.1 Å². The van der Waals surface area contributed by atoms with Crippen molar-refractivity contribution in [3.8, 4) is 5.75 Å². The van der Waals surface area contributed by atoms with Gasteiger partial charge in [-0.15, -0.1) is 23.4 Å². The van der Waals surface area contributed by atoms with Gasteiger partial charge in [0.2, 0.25) is 0 Å². The minimum Gasteiger partial charge on any atom is -0.406 e. The largest absolute Gasteiger partial charge is 0.573 e. The Bertz CT molecular complexity index is 925. The van der Waals surface area contributed by atoms with Crippen molar-refractivity contribution < 1.29 is 22.7 Å². The number of nitrogens with zero attached hydrogens (tertiary/aromatic N) is 6. The van der Waals surface area contributed by atoms with Crippen molar-refractivity contribution in [2.45, 2.75) is 38.8 Å². The zero-order valence-electron chi connectivity index (χ0n) is 15.2. The molecule has 29 heavy (non-hydrogen) atoms. The lowest BCUT2D eigenvalue weighted by molar-refractivity contribution is -0.274. The van der Waals surface area contributed by atoms with Gasteiger partial charge in [-0.2, -0.15) is 0 Å². The lowest BCUT2D eigenvalue weighted by Crippen LogP contribution is -2.23. The Morgan fingerprint density at radius 2 is 1.93 bits per heavy atom. The Hall–Kier alpha value is -3.44. The molecular weight excluding hydrogens is 391 g/mol. The summed E-state index contributed by atoms with van der Waals surface area (Å²) in [4.78, 5) is 12.2. The molecule has 12 heteroatoms. The molecule has 2 aromatic heterocycles. The molecule has 2 heterocycles. The zero-order chi connectivity index (χ0) is 20.7. The fourth-order valence-corrected chi connectivity index (χ4v) is 2.54. The molecule has 0 aliphatic carbocycles. The fraction of sp³-hybridized carbons (Fsp3) is 0.353. The third-order valence-corrected chi connectivity index (χ3v) is 3.85. The first kappa shape index (κ1) is 20.3. The quantitative estimate of drug-likeness (QED) is 0.544. The molecule has 0 saturated heterocycles. The first-order valence-corrected chi connectivity index (χ1v) is 8.76. The van der Waals surface area contributed by atoms with Crippen LogP contribution in [0.4, 0.5) is 13.2 Å². The average molecular weight is 409 g/mol. The Morgan fingerprint density at radius 1 is 1.14 bits per heavy atom. The summed E-state index contributed by atoms with van der Waals surface area (Å²) < 4.78 is 44.0. The highest BCUT2D eigenvalue weighted by Gasteiger charge is 2.31. The summed E-state index contributed by atoms with van der Waals surface area (Å²) in [5, 5.41) is 17.9. The third-order valence-electron chi connectivity index (χ3n) is 3.85. The summed E-state index contributed by atoms with van der Waals surface area (Å²) in [6.45, 7) is 1.35. The van der Waals surface area contributed by atoms with Crippen molar-refractivity contribution in [1.82, 2.24) is 35.3 Å². The van der Waals surface area contributed by atoms with E-state index < -0.39 is 12.3 Å². The number of halogens is 3. The molecule has 0 aliphatic heterocycles. The summed E-state index contributed by atoms with van der Waals surface area (Å²) in [7, 11) is 0. The Morgan fingerprint density at radius 3 is 2.66 bits per heavy atom. The summed E-state index contributed by atoms with van der Waals surface area (Å²) in [5.41, 5.74) is 0.588. The second-order valence-corrected chi connectivity index (χ2v) is 6.12. The first-order valence-electron chi connectivity index (χ1n) is 8.76. The number of amides is 1. The second-order valence-electron chi connectivity index (χ2n) is 6.12. The molecule has 0 fully saturated rings. The van der Waals surface area contributed by atoms with E-state index in [0.29, 0.717) is 12.1 Å². The monoisotopic (exact) mass is 409 g/mol. The normalized spacial score (nSPS) is 11.4. The summed E-state index contributed by atoms with van der Waals surface area (Å²) >= 11 is 0. The summed E-state index contributed by atoms with van der Waals surface area (Å²) in [5.74, 6) is -0.818. The number of nitrogens with one attached hydrogen (secondary N) is 1. The van der Waals surface area contributed by atoms with E-state index in [9.17, 15) is 18.0 Å². The molecule has 0 bridgehead atoms. The van der Waals surface area contributed by atoms with Crippen LogP contribution in [0.2, 0.25) is 0 Å². The maximum absolute atomic E-state index is 12.3. The predicted molar refractivity (Wildman–Crippen MR) is 93.6 cm³/mol. The van der Waals surface area contributed by atoms with E-state index in [1.54, 1.807) is 27.8 Å². The van der Waals surface area contributed by atoms with E-state index in [2.05, 4.69) is 30.7 Å². The van der Waals surface area contributed by atoms with E-state index in [-0.39, 0.29) is 18.0 Å². The van der Waals surface area contributed by atoms with Crippen LogP contribution in [-0.2, 0) is 19.6 Å². The molecule has 0 spiro atoms. The van der Waals surface area contributed by atoms with Gasteiger partial charge in [-0.1, -0.05) is 22.6 Å². The third kappa shape index (κ3) is 6.59. The first-order chi connectivity index (χ1) is 13.9. The molecule has 0 radical (unpaired) electrons. The molecule has 1 N–H and O–H groups in total. The van der Waals surface area contributed by atoms with Gasteiger partial charge in [-0.25, -0.2) is 0 Å². The number of carbonyl (C=O) groups excluding carboxylic acids is 1. The van der Waals surface area contributed by atoms with Crippen molar-refractivity contribution in [1.29, 1.82) is 0 Å². The van der Waals surface area contributed by atoms with E-state index in [1.807, 2.05) is 0 Å². The van der Waals surface area contributed by atoms with E-state index >= 15 is 0 Å². The Balaban J connectivity index is 1.44. The fourth-order valence-electron chi connectivity index (χ4n) is 2.54. The number of alkyl halides is 3. The van der Waals surface area contributed by atoms with E-state index in [1.165, 1.54) is 24.4 Å². The molecule has 154 valence electrons. The van der Waals surface area contributed by atoms with Crippen molar-refractivity contribution in [2.24, 2.45) is 0 Å². The number of aryl methyl sites for hydroxylation is 2. The van der Waals surface area contributed by atoms with Crippen LogP contribution in [0.3, 0.4) is 0 Å². The van der Waals surface area contributed by atoms with Crippen LogP contribution in [0.15, 0.2) is 42.9 Å². The van der Waals surface area contributed by atoms with Gasteiger partial charge in [0, 0.05) is 25.8 Å².